The van der Waals surface area contributed by atoms with E-state index in [1.54, 1.807) is 0 Å². The van der Waals surface area contributed by atoms with Crippen molar-refractivity contribution in [1.29, 1.82) is 0 Å². The van der Waals surface area contributed by atoms with Crippen LogP contribution in [0.3, 0.4) is 0 Å². The maximum absolute atomic E-state index is 9.86. The van der Waals surface area contributed by atoms with Crippen LogP contribution in [0.25, 0.3) is 0 Å². The standard InChI is InChI=1S/2C5H9NO4.Co/c2*6-3(5(9)10)1-2-4(7)8;/h2*3H,1-2,6H2,(H,7,8)(H,9,10);/q;;+4/p-4/t2*3-;/m00./s1. The Morgan fingerprint density at radius 3 is 1.10 bits per heavy atom. The summed E-state index contributed by atoms with van der Waals surface area (Å²) in [5.74, 6) is -5.50. The smallest absolute Gasteiger partial charge is 0.550 e. The molecule has 0 aromatic rings. The molecule has 0 aliphatic carbocycles. The fraction of sp³-hybridized carbons (Fsp3) is 0.600. The van der Waals surface area contributed by atoms with Crippen molar-refractivity contribution in [2.75, 3.05) is 0 Å². The number of hydrogen-bond donors (Lipinski definition) is 2. The molecule has 0 bridgehead atoms. The number of aliphatic carboxylic acids is 4. The largest absolute Gasteiger partial charge is 4.00 e. The van der Waals surface area contributed by atoms with Gasteiger partial charge in [-0.25, -0.2) is 0 Å². The van der Waals surface area contributed by atoms with Crippen molar-refractivity contribution in [2.45, 2.75) is 37.8 Å². The minimum Gasteiger partial charge on any atom is -0.550 e. The van der Waals surface area contributed by atoms with Crippen LogP contribution in [0.4, 0.5) is 0 Å². The van der Waals surface area contributed by atoms with E-state index in [1.807, 2.05) is 0 Å². The summed E-state index contributed by atoms with van der Waals surface area (Å²) in [4.78, 5) is 39.2. The summed E-state index contributed by atoms with van der Waals surface area (Å²) in [5, 5.41) is 39.2. The first-order valence-corrected chi connectivity index (χ1v) is 5.40. The number of carboxylic acids is 4. The maximum Gasteiger partial charge on any atom is 4.00 e. The molecule has 0 fully saturated rings. The predicted molar refractivity (Wildman–Crippen MR) is 54.4 cm³/mol. The Balaban J connectivity index is -0.000000295. The van der Waals surface area contributed by atoms with Crippen molar-refractivity contribution in [3.8, 4) is 0 Å². The average Bonchev–Trinajstić information content (AvgIpc) is 2.33. The van der Waals surface area contributed by atoms with Gasteiger partial charge in [-0.05, 0) is 25.7 Å². The fourth-order valence-corrected chi connectivity index (χ4v) is 0.782. The molecule has 0 amide bonds. The zero-order chi connectivity index (χ0) is 16.3. The van der Waals surface area contributed by atoms with Crippen molar-refractivity contribution in [3.05, 3.63) is 0 Å². The molecule has 0 aliphatic rings. The summed E-state index contributed by atoms with van der Waals surface area (Å²) in [7, 11) is 0. The second-order valence-corrected chi connectivity index (χ2v) is 3.67. The zero-order valence-corrected chi connectivity index (χ0v) is 11.8. The van der Waals surface area contributed by atoms with Crippen LogP contribution < -0.4 is 31.9 Å². The zero-order valence-electron chi connectivity index (χ0n) is 10.7. The van der Waals surface area contributed by atoms with Crippen LogP contribution in [0.2, 0.25) is 0 Å². The first-order valence-electron chi connectivity index (χ1n) is 5.40. The monoisotopic (exact) mass is 349 g/mol. The molecule has 10 nitrogen and oxygen atoms in total. The molecule has 0 saturated carbocycles. The first kappa shape index (κ1) is 24.3. The van der Waals surface area contributed by atoms with E-state index in [0.717, 1.165) is 0 Å². The third-order valence-corrected chi connectivity index (χ3v) is 1.92. The second-order valence-electron chi connectivity index (χ2n) is 3.67. The van der Waals surface area contributed by atoms with Gasteiger partial charge in [0.25, 0.3) is 0 Å². The topological polar surface area (TPSA) is 213 Å². The molecule has 11 heteroatoms. The molecular weight excluding hydrogens is 335 g/mol. The Morgan fingerprint density at radius 2 is 0.952 bits per heavy atom. The normalized spacial score (nSPS) is 11.9. The van der Waals surface area contributed by atoms with Crippen LogP contribution in [0.5, 0.6) is 0 Å². The van der Waals surface area contributed by atoms with E-state index in [-0.39, 0.29) is 42.5 Å². The molecule has 121 valence electrons. The summed E-state index contributed by atoms with van der Waals surface area (Å²) in [6, 6.07) is -2.42. The van der Waals surface area contributed by atoms with Gasteiger partial charge < -0.3 is 51.1 Å². The van der Waals surface area contributed by atoms with E-state index >= 15 is 0 Å². The fourth-order valence-electron chi connectivity index (χ4n) is 0.782. The summed E-state index contributed by atoms with van der Waals surface area (Å²) in [5.41, 5.74) is 9.82. The van der Waals surface area contributed by atoms with Crippen molar-refractivity contribution in [2.24, 2.45) is 11.5 Å². The number of carbonyl (C=O) groups is 4. The minimum absolute atomic E-state index is 0. The van der Waals surface area contributed by atoms with Crippen LogP contribution in [0.15, 0.2) is 0 Å². The summed E-state index contributed by atoms with van der Waals surface area (Å²) in [6.45, 7) is 0. The summed E-state index contributed by atoms with van der Waals surface area (Å²) < 4.78 is 0. The Morgan fingerprint density at radius 1 is 0.714 bits per heavy atom. The van der Waals surface area contributed by atoms with Gasteiger partial charge in [0.05, 0.1) is 11.9 Å². The molecule has 2 atom stereocenters. The summed E-state index contributed by atoms with van der Waals surface area (Å²) in [6.07, 6.45) is -1.00. The van der Waals surface area contributed by atoms with E-state index < -0.39 is 36.0 Å². The van der Waals surface area contributed by atoms with Gasteiger partial charge in [0.2, 0.25) is 0 Å². The van der Waals surface area contributed by atoms with Gasteiger partial charge in [-0.2, -0.15) is 0 Å². The van der Waals surface area contributed by atoms with Gasteiger partial charge in [0, 0.05) is 24.0 Å². The minimum atomic E-state index is -1.44. The van der Waals surface area contributed by atoms with Gasteiger partial charge in [-0.1, -0.05) is 0 Å². The van der Waals surface area contributed by atoms with E-state index in [0.29, 0.717) is 0 Å². The van der Waals surface area contributed by atoms with Crippen molar-refractivity contribution < 1.29 is 56.4 Å². The van der Waals surface area contributed by atoms with E-state index in [9.17, 15) is 39.6 Å². The van der Waals surface area contributed by atoms with Crippen molar-refractivity contribution in [3.63, 3.8) is 0 Å². The molecule has 0 spiro atoms. The average molecular weight is 349 g/mol. The second kappa shape index (κ2) is 13.3. The van der Waals surface area contributed by atoms with E-state index in [2.05, 4.69) is 0 Å². The van der Waals surface area contributed by atoms with Gasteiger partial charge >= 0.3 is 16.8 Å². The predicted octanol–water partition coefficient (Wildman–Crippen LogP) is -6.82. The third kappa shape index (κ3) is 18.3. The number of nitrogens with two attached hydrogens (primary N) is 2. The van der Waals surface area contributed by atoms with Gasteiger partial charge in [-0.3, -0.25) is 0 Å². The third-order valence-electron chi connectivity index (χ3n) is 1.92. The number of hydrogen-bond acceptors (Lipinski definition) is 10. The van der Waals surface area contributed by atoms with Crippen LogP contribution >= 0.6 is 0 Å². The molecule has 0 unspecified atom stereocenters. The van der Waals surface area contributed by atoms with Crippen LogP contribution in [0.1, 0.15) is 25.7 Å². The van der Waals surface area contributed by atoms with Crippen LogP contribution in [-0.2, 0) is 36.0 Å². The SMILES string of the molecule is N[C@@H](CCC(=O)[O-])C(=O)[O-].N[C@@H](CCC(=O)[O-])C(=O)[O-].[Co+4]. The quantitative estimate of drug-likeness (QED) is 0.422. The van der Waals surface area contributed by atoms with Gasteiger partial charge in [-0.15, -0.1) is 0 Å². The van der Waals surface area contributed by atoms with Gasteiger partial charge in [0.15, 0.2) is 0 Å². The van der Waals surface area contributed by atoms with Crippen molar-refractivity contribution >= 4 is 23.9 Å². The molecule has 1 radical (unpaired) electrons. The van der Waals surface area contributed by atoms with Gasteiger partial charge in [0.1, 0.15) is 0 Å². The maximum atomic E-state index is 9.86. The molecule has 21 heavy (non-hydrogen) atoms. The molecule has 0 saturated heterocycles. The number of rotatable bonds is 8. The molecule has 4 N–H and O–H groups in total. The van der Waals surface area contributed by atoms with Crippen LogP contribution in [0, 0.1) is 0 Å². The van der Waals surface area contributed by atoms with Crippen LogP contribution in [-0.4, -0.2) is 36.0 Å². The molecule has 0 rings (SSSR count). The molecule has 0 heterocycles. The van der Waals surface area contributed by atoms with E-state index in [4.69, 9.17) is 11.5 Å². The van der Waals surface area contributed by atoms with E-state index in [1.165, 1.54) is 0 Å². The number of carbonyl (C=O) groups excluding carboxylic acids is 4. The Kier molecular flexibility index (Phi) is 15.4. The van der Waals surface area contributed by atoms with Crippen molar-refractivity contribution in [1.82, 2.24) is 0 Å². The summed E-state index contributed by atoms with van der Waals surface area (Å²) >= 11 is 0. The molecule has 0 aromatic heterocycles. The Labute approximate surface area is 130 Å². The molecular formula is C10H14CoN2O8. The molecule has 0 aliphatic heterocycles. The Bertz CT molecular complexity index is 329. The first-order chi connectivity index (χ1) is 9.07. The Hall–Kier alpha value is -1.69. The molecule has 0 aromatic carbocycles. The number of carboxylic acid groups (broad SMARTS) is 4.